The predicted octanol–water partition coefficient (Wildman–Crippen LogP) is 2.46. The molecule has 1 aromatic rings. The van der Waals surface area contributed by atoms with Crippen molar-refractivity contribution in [3.8, 4) is 0 Å². The van der Waals surface area contributed by atoms with Crippen molar-refractivity contribution in [3.05, 3.63) is 29.8 Å². The van der Waals surface area contributed by atoms with Crippen LogP contribution in [0.3, 0.4) is 0 Å². The minimum atomic E-state index is -0.665. The standard InChI is InChI=1S/C16H24N2O2/c1-3-10-18(14-7-5-13(12-17)6-8-14)15(19)16(2)9-4-11-20-16/h5-8H,3-4,9-12,17H2,1-2H3. The molecule has 1 heterocycles. The number of rotatable bonds is 5. The van der Waals surface area contributed by atoms with E-state index < -0.39 is 5.60 Å². The van der Waals surface area contributed by atoms with Crippen LogP contribution < -0.4 is 10.6 Å². The van der Waals surface area contributed by atoms with E-state index in [1.54, 1.807) is 0 Å². The van der Waals surface area contributed by atoms with Crippen molar-refractivity contribution in [1.29, 1.82) is 0 Å². The molecule has 1 saturated heterocycles. The lowest BCUT2D eigenvalue weighted by Crippen LogP contribution is -2.47. The Morgan fingerprint density at radius 2 is 2.10 bits per heavy atom. The van der Waals surface area contributed by atoms with Crippen molar-refractivity contribution in [2.75, 3.05) is 18.1 Å². The number of benzene rings is 1. The number of carbonyl (C=O) groups excluding carboxylic acids is 1. The zero-order chi connectivity index (χ0) is 14.6. The fourth-order valence-electron chi connectivity index (χ4n) is 2.62. The summed E-state index contributed by atoms with van der Waals surface area (Å²) in [5.41, 5.74) is 6.94. The van der Waals surface area contributed by atoms with E-state index in [4.69, 9.17) is 10.5 Å². The Morgan fingerprint density at radius 1 is 1.40 bits per heavy atom. The molecule has 2 rings (SSSR count). The van der Waals surface area contributed by atoms with Gasteiger partial charge in [0, 0.05) is 25.4 Å². The van der Waals surface area contributed by atoms with Crippen LogP contribution in [0.4, 0.5) is 5.69 Å². The second kappa shape index (κ2) is 6.37. The van der Waals surface area contributed by atoms with Crippen molar-refractivity contribution in [3.63, 3.8) is 0 Å². The Hall–Kier alpha value is -1.39. The van der Waals surface area contributed by atoms with Gasteiger partial charge in [0.1, 0.15) is 5.60 Å². The van der Waals surface area contributed by atoms with Crippen molar-refractivity contribution >= 4 is 11.6 Å². The van der Waals surface area contributed by atoms with Crippen LogP contribution in [0.15, 0.2) is 24.3 Å². The lowest BCUT2D eigenvalue weighted by molar-refractivity contribution is -0.136. The van der Waals surface area contributed by atoms with E-state index in [0.29, 0.717) is 19.7 Å². The van der Waals surface area contributed by atoms with Gasteiger partial charge in [0.15, 0.2) is 0 Å². The van der Waals surface area contributed by atoms with Crippen molar-refractivity contribution in [1.82, 2.24) is 0 Å². The Bertz CT molecular complexity index is 450. The topological polar surface area (TPSA) is 55.6 Å². The van der Waals surface area contributed by atoms with Crippen molar-refractivity contribution in [2.45, 2.75) is 45.3 Å². The lowest BCUT2D eigenvalue weighted by Gasteiger charge is -2.31. The molecule has 20 heavy (non-hydrogen) atoms. The number of nitrogens with two attached hydrogens (primary N) is 1. The normalized spacial score (nSPS) is 21.9. The van der Waals surface area contributed by atoms with Gasteiger partial charge >= 0.3 is 0 Å². The summed E-state index contributed by atoms with van der Waals surface area (Å²) in [6.07, 6.45) is 2.67. The van der Waals surface area contributed by atoms with Crippen LogP contribution in [-0.2, 0) is 16.1 Å². The summed E-state index contributed by atoms with van der Waals surface area (Å²) in [6, 6.07) is 7.88. The number of nitrogens with zero attached hydrogens (tertiary/aromatic N) is 1. The average Bonchev–Trinajstić information content (AvgIpc) is 2.92. The van der Waals surface area contributed by atoms with Crippen molar-refractivity contribution < 1.29 is 9.53 Å². The fraction of sp³-hybridized carbons (Fsp3) is 0.562. The molecule has 0 radical (unpaired) electrons. The largest absolute Gasteiger partial charge is 0.365 e. The first-order valence-corrected chi connectivity index (χ1v) is 7.35. The van der Waals surface area contributed by atoms with E-state index >= 15 is 0 Å². The maximum atomic E-state index is 12.8. The Kier molecular flexibility index (Phi) is 4.78. The van der Waals surface area contributed by atoms with Gasteiger partial charge in [-0.05, 0) is 43.9 Å². The lowest BCUT2D eigenvalue weighted by atomic mass is 10.00. The van der Waals surface area contributed by atoms with Crippen LogP contribution in [0.25, 0.3) is 0 Å². The molecule has 1 unspecified atom stereocenters. The Balaban J connectivity index is 2.23. The smallest absolute Gasteiger partial charge is 0.258 e. The maximum Gasteiger partial charge on any atom is 0.258 e. The molecule has 4 heteroatoms. The number of hydrogen-bond donors (Lipinski definition) is 1. The highest BCUT2D eigenvalue weighted by atomic mass is 16.5. The zero-order valence-corrected chi connectivity index (χ0v) is 12.4. The molecule has 1 atom stereocenters. The van der Waals surface area contributed by atoms with E-state index in [1.807, 2.05) is 36.1 Å². The highest BCUT2D eigenvalue weighted by molar-refractivity contribution is 5.99. The summed E-state index contributed by atoms with van der Waals surface area (Å²) >= 11 is 0. The summed E-state index contributed by atoms with van der Waals surface area (Å²) in [5.74, 6) is 0.0670. The maximum absolute atomic E-state index is 12.8. The number of amides is 1. The minimum absolute atomic E-state index is 0.0670. The summed E-state index contributed by atoms with van der Waals surface area (Å²) in [6.45, 7) is 5.88. The third kappa shape index (κ3) is 3.02. The van der Waals surface area contributed by atoms with Crippen LogP contribution in [0.5, 0.6) is 0 Å². The van der Waals surface area contributed by atoms with Gasteiger partial charge in [-0.3, -0.25) is 4.79 Å². The molecule has 0 spiro atoms. The minimum Gasteiger partial charge on any atom is -0.365 e. The van der Waals surface area contributed by atoms with Crippen LogP contribution in [-0.4, -0.2) is 24.7 Å². The molecular weight excluding hydrogens is 252 g/mol. The number of anilines is 1. The molecule has 0 saturated carbocycles. The summed E-state index contributed by atoms with van der Waals surface area (Å²) in [7, 11) is 0. The molecule has 1 aromatic carbocycles. The highest BCUT2D eigenvalue weighted by Crippen LogP contribution is 2.29. The molecule has 0 aromatic heterocycles. The van der Waals surface area contributed by atoms with E-state index in [2.05, 4.69) is 6.92 Å². The molecule has 2 N–H and O–H groups in total. The zero-order valence-electron chi connectivity index (χ0n) is 12.4. The first kappa shape index (κ1) is 15.0. The van der Waals surface area contributed by atoms with E-state index in [0.717, 1.165) is 30.5 Å². The van der Waals surface area contributed by atoms with Gasteiger partial charge in [-0.1, -0.05) is 19.1 Å². The fourth-order valence-corrected chi connectivity index (χ4v) is 2.62. The van der Waals surface area contributed by atoms with Crippen LogP contribution in [0.1, 0.15) is 38.7 Å². The second-order valence-electron chi connectivity index (χ2n) is 5.51. The van der Waals surface area contributed by atoms with Crippen LogP contribution in [0.2, 0.25) is 0 Å². The molecule has 4 nitrogen and oxygen atoms in total. The van der Waals surface area contributed by atoms with Gasteiger partial charge in [0.2, 0.25) is 0 Å². The number of hydrogen-bond acceptors (Lipinski definition) is 3. The van der Waals surface area contributed by atoms with Crippen molar-refractivity contribution in [2.24, 2.45) is 5.73 Å². The van der Waals surface area contributed by atoms with Crippen LogP contribution in [0, 0.1) is 0 Å². The highest BCUT2D eigenvalue weighted by Gasteiger charge is 2.40. The van der Waals surface area contributed by atoms with Gasteiger partial charge < -0.3 is 15.4 Å². The number of carbonyl (C=O) groups is 1. The third-order valence-electron chi connectivity index (χ3n) is 3.85. The first-order valence-electron chi connectivity index (χ1n) is 7.35. The Labute approximate surface area is 120 Å². The quantitative estimate of drug-likeness (QED) is 0.898. The molecule has 1 amide bonds. The summed E-state index contributed by atoms with van der Waals surface area (Å²) < 4.78 is 5.68. The Morgan fingerprint density at radius 3 is 2.60 bits per heavy atom. The molecule has 0 aliphatic carbocycles. The van der Waals surface area contributed by atoms with E-state index in [9.17, 15) is 4.79 Å². The summed E-state index contributed by atoms with van der Waals surface area (Å²) in [4.78, 5) is 14.6. The monoisotopic (exact) mass is 276 g/mol. The van der Waals surface area contributed by atoms with E-state index in [1.165, 1.54) is 0 Å². The van der Waals surface area contributed by atoms with Gasteiger partial charge in [-0.2, -0.15) is 0 Å². The molecule has 1 aliphatic rings. The molecular formula is C16H24N2O2. The van der Waals surface area contributed by atoms with Crippen LogP contribution >= 0.6 is 0 Å². The number of ether oxygens (including phenoxy) is 1. The molecule has 110 valence electrons. The molecule has 0 bridgehead atoms. The van der Waals surface area contributed by atoms with Gasteiger partial charge in [0.25, 0.3) is 5.91 Å². The molecule has 1 fully saturated rings. The second-order valence-corrected chi connectivity index (χ2v) is 5.51. The summed E-state index contributed by atoms with van der Waals surface area (Å²) in [5, 5.41) is 0. The van der Waals surface area contributed by atoms with Gasteiger partial charge in [0.05, 0.1) is 0 Å². The third-order valence-corrected chi connectivity index (χ3v) is 3.85. The predicted molar refractivity (Wildman–Crippen MR) is 80.6 cm³/mol. The SMILES string of the molecule is CCCN(C(=O)C1(C)CCCO1)c1ccc(CN)cc1. The average molecular weight is 276 g/mol. The first-order chi connectivity index (χ1) is 9.60. The van der Waals surface area contributed by atoms with E-state index in [-0.39, 0.29) is 5.91 Å². The van der Waals surface area contributed by atoms with Gasteiger partial charge in [-0.25, -0.2) is 0 Å². The van der Waals surface area contributed by atoms with Gasteiger partial charge in [-0.15, -0.1) is 0 Å². The molecule has 1 aliphatic heterocycles.